The summed E-state index contributed by atoms with van der Waals surface area (Å²) in [4.78, 5) is 19.1. The van der Waals surface area contributed by atoms with Gasteiger partial charge in [0.1, 0.15) is 16.5 Å². The second kappa shape index (κ2) is 8.65. The number of nitrogens with zero attached hydrogens (tertiary/aromatic N) is 2. The molecule has 1 amide bonds. The van der Waals surface area contributed by atoms with Crippen molar-refractivity contribution in [3.8, 4) is 10.6 Å². The quantitative estimate of drug-likeness (QED) is 0.815. The largest absolute Gasteiger partial charge is 0.337 e. The van der Waals surface area contributed by atoms with Crippen molar-refractivity contribution < 1.29 is 9.18 Å². The van der Waals surface area contributed by atoms with Crippen LogP contribution in [0.5, 0.6) is 0 Å². The molecule has 26 heavy (non-hydrogen) atoms. The van der Waals surface area contributed by atoms with Gasteiger partial charge in [0, 0.05) is 36.1 Å². The molecular weight excluding hydrogens is 396 g/mol. The fraction of sp³-hybridized carbons (Fsp3) is 0.444. The molecule has 4 rings (SSSR count). The van der Waals surface area contributed by atoms with Gasteiger partial charge in [0.05, 0.1) is 0 Å². The summed E-state index contributed by atoms with van der Waals surface area (Å²) < 4.78 is 13.0. The van der Waals surface area contributed by atoms with E-state index in [1.165, 1.54) is 36.3 Å². The molecule has 1 N–H and O–H groups in total. The molecule has 0 aliphatic carbocycles. The van der Waals surface area contributed by atoms with Crippen molar-refractivity contribution in [2.75, 3.05) is 7.05 Å². The number of fused-ring (bicyclic) bond motifs is 2. The number of halogens is 3. The minimum absolute atomic E-state index is 0. The standard InChI is InChI=1S/C18H20FN3OS.2ClH/c1-22(15-8-13-6-7-14(9-15)20-13)18(23)16-10-24-17(21-16)11-2-4-12(19)5-3-11;;/h2-5,10,13-15,20H,6-9H2,1H3;2*1H. The van der Waals surface area contributed by atoms with Crippen LogP contribution in [-0.4, -0.2) is 41.0 Å². The molecule has 3 heterocycles. The summed E-state index contributed by atoms with van der Waals surface area (Å²) in [6, 6.07) is 7.59. The Hall–Kier alpha value is -1.21. The smallest absolute Gasteiger partial charge is 0.273 e. The van der Waals surface area contributed by atoms with E-state index < -0.39 is 0 Å². The van der Waals surface area contributed by atoms with E-state index in [0.717, 1.165) is 23.4 Å². The highest BCUT2D eigenvalue weighted by Crippen LogP contribution is 2.30. The third-order valence-electron chi connectivity index (χ3n) is 5.13. The first kappa shape index (κ1) is 21.1. The molecule has 2 atom stereocenters. The molecule has 0 spiro atoms. The van der Waals surface area contributed by atoms with Crippen molar-refractivity contribution in [2.24, 2.45) is 0 Å². The summed E-state index contributed by atoms with van der Waals surface area (Å²) in [5, 5.41) is 6.15. The van der Waals surface area contributed by atoms with Gasteiger partial charge in [-0.3, -0.25) is 4.79 Å². The zero-order valence-corrected chi connectivity index (χ0v) is 16.8. The van der Waals surface area contributed by atoms with Crippen molar-refractivity contribution in [1.29, 1.82) is 0 Å². The van der Waals surface area contributed by atoms with Crippen LogP contribution in [0.1, 0.15) is 36.2 Å². The molecule has 2 bridgehead atoms. The Labute approximate surface area is 169 Å². The predicted octanol–water partition coefficient (Wildman–Crippen LogP) is 4.15. The summed E-state index contributed by atoms with van der Waals surface area (Å²) in [5.41, 5.74) is 1.32. The Balaban J connectivity index is 0.00000121. The minimum Gasteiger partial charge on any atom is -0.337 e. The lowest BCUT2D eigenvalue weighted by Crippen LogP contribution is -2.48. The molecule has 0 saturated carbocycles. The molecule has 2 saturated heterocycles. The van der Waals surface area contributed by atoms with Crippen LogP contribution in [0.4, 0.5) is 4.39 Å². The fourth-order valence-corrected chi connectivity index (χ4v) is 4.59. The maximum Gasteiger partial charge on any atom is 0.273 e. The Morgan fingerprint density at radius 1 is 1.19 bits per heavy atom. The highest BCUT2D eigenvalue weighted by Gasteiger charge is 2.36. The molecule has 4 nitrogen and oxygen atoms in total. The van der Waals surface area contributed by atoms with Crippen LogP contribution >= 0.6 is 36.2 Å². The number of carbonyl (C=O) groups is 1. The lowest BCUT2D eigenvalue weighted by atomic mass is 9.98. The van der Waals surface area contributed by atoms with E-state index in [2.05, 4.69) is 10.3 Å². The van der Waals surface area contributed by atoms with Crippen LogP contribution in [0.25, 0.3) is 10.6 Å². The maximum atomic E-state index is 13.0. The summed E-state index contributed by atoms with van der Waals surface area (Å²) >= 11 is 1.42. The third kappa shape index (κ3) is 4.19. The van der Waals surface area contributed by atoms with Gasteiger partial charge in [-0.15, -0.1) is 36.2 Å². The lowest BCUT2D eigenvalue weighted by molar-refractivity contribution is 0.0676. The van der Waals surface area contributed by atoms with Gasteiger partial charge in [-0.25, -0.2) is 9.37 Å². The molecule has 142 valence electrons. The molecule has 1 aromatic carbocycles. The molecular formula is C18H22Cl2FN3OS. The molecule has 2 fully saturated rings. The van der Waals surface area contributed by atoms with Gasteiger partial charge < -0.3 is 10.2 Å². The number of nitrogens with one attached hydrogen (secondary N) is 1. The Morgan fingerprint density at radius 3 is 2.42 bits per heavy atom. The minimum atomic E-state index is -0.271. The molecule has 1 aromatic heterocycles. The second-order valence-corrected chi connectivity index (χ2v) is 7.58. The molecule has 2 aliphatic rings. The molecule has 2 unspecified atom stereocenters. The monoisotopic (exact) mass is 417 g/mol. The first-order chi connectivity index (χ1) is 11.6. The van der Waals surface area contributed by atoms with Gasteiger partial charge in [-0.05, 0) is 49.9 Å². The normalized spacial score (nSPS) is 23.7. The number of amides is 1. The average molecular weight is 418 g/mol. The van der Waals surface area contributed by atoms with Gasteiger partial charge in [-0.1, -0.05) is 0 Å². The van der Waals surface area contributed by atoms with E-state index in [1.807, 2.05) is 11.9 Å². The van der Waals surface area contributed by atoms with E-state index in [4.69, 9.17) is 0 Å². The number of aromatic nitrogens is 1. The third-order valence-corrected chi connectivity index (χ3v) is 6.02. The van der Waals surface area contributed by atoms with E-state index >= 15 is 0 Å². The van der Waals surface area contributed by atoms with Crippen LogP contribution in [-0.2, 0) is 0 Å². The first-order valence-corrected chi connectivity index (χ1v) is 9.23. The van der Waals surface area contributed by atoms with Crippen LogP contribution < -0.4 is 5.32 Å². The topological polar surface area (TPSA) is 45.2 Å². The lowest BCUT2D eigenvalue weighted by Gasteiger charge is -2.35. The average Bonchev–Trinajstić information content (AvgIpc) is 3.21. The van der Waals surface area contributed by atoms with E-state index in [-0.39, 0.29) is 42.6 Å². The van der Waals surface area contributed by atoms with Gasteiger partial charge in [-0.2, -0.15) is 0 Å². The zero-order chi connectivity index (χ0) is 16.7. The number of rotatable bonds is 3. The first-order valence-electron chi connectivity index (χ1n) is 8.35. The SMILES string of the molecule is CN(C(=O)c1csc(-c2ccc(F)cc2)n1)C1CC2CCC(C1)N2.Cl.Cl. The molecule has 0 radical (unpaired) electrons. The van der Waals surface area contributed by atoms with E-state index in [0.29, 0.717) is 17.8 Å². The van der Waals surface area contributed by atoms with Crippen molar-refractivity contribution in [2.45, 2.75) is 43.8 Å². The molecule has 8 heteroatoms. The Kier molecular flexibility index (Phi) is 7.02. The number of benzene rings is 1. The van der Waals surface area contributed by atoms with Gasteiger partial charge in [0.15, 0.2) is 0 Å². The fourth-order valence-electron chi connectivity index (χ4n) is 3.79. The maximum absolute atomic E-state index is 13.0. The van der Waals surface area contributed by atoms with Crippen molar-refractivity contribution in [3.63, 3.8) is 0 Å². The molecule has 2 aliphatic heterocycles. The number of hydrogen-bond acceptors (Lipinski definition) is 4. The Morgan fingerprint density at radius 2 is 1.81 bits per heavy atom. The van der Waals surface area contributed by atoms with Crippen LogP contribution in [0.15, 0.2) is 29.6 Å². The Bertz CT molecular complexity index is 743. The summed E-state index contributed by atoms with van der Waals surface area (Å²) in [6.07, 6.45) is 4.48. The van der Waals surface area contributed by atoms with Crippen LogP contribution in [0, 0.1) is 5.82 Å². The number of piperidine rings is 1. The number of hydrogen-bond donors (Lipinski definition) is 1. The van der Waals surface area contributed by atoms with Crippen molar-refractivity contribution >= 4 is 42.1 Å². The molecule has 2 aromatic rings. The van der Waals surface area contributed by atoms with Crippen molar-refractivity contribution in [3.05, 3.63) is 41.2 Å². The number of carbonyl (C=O) groups excluding carboxylic acids is 1. The summed E-state index contributed by atoms with van der Waals surface area (Å²) in [6.45, 7) is 0. The summed E-state index contributed by atoms with van der Waals surface area (Å²) in [5.74, 6) is -0.294. The summed E-state index contributed by atoms with van der Waals surface area (Å²) in [7, 11) is 1.88. The number of thiazole rings is 1. The van der Waals surface area contributed by atoms with Gasteiger partial charge in [0.2, 0.25) is 0 Å². The van der Waals surface area contributed by atoms with Crippen LogP contribution in [0.2, 0.25) is 0 Å². The van der Waals surface area contributed by atoms with Crippen molar-refractivity contribution in [1.82, 2.24) is 15.2 Å². The highest BCUT2D eigenvalue weighted by molar-refractivity contribution is 7.13. The zero-order valence-electron chi connectivity index (χ0n) is 14.4. The predicted molar refractivity (Wildman–Crippen MR) is 107 cm³/mol. The van der Waals surface area contributed by atoms with E-state index in [1.54, 1.807) is 17.5 Å². The van der Waals surface area contributed by atoms with E-state index in [9.17, 15) is 9.18 Å². The second-order valence-electron chi connectivity index (χ2n) is 6.72. The van der Waals surface area contributed by atoms with Gasteiger partial charge >= 0.3 is 0 Å². The van der Waals surface area contributed by atoms with Crippen LogP contribution in [0.3, 0.4) is 0 Å². The highest BCUT2D eigenvalue weighted by atomic mass is 35.5. The van der Waals surface area contributed by atoms with Gasteiger partial charge in [0.25, 0.3) is 5.91 Å².